The van der Waals surface area contributed by atoms with E-state index < -0.39 is 5.97 Å². The van der Waals surface area contributed by atoms with Crippen LogP contribution in [0.4, 0.5) is 21.9 Å². The molecule has 0 bridgehead atoms. The van der Waals surface area contributed by atoms with Crippen molar-refractivity contribution in [1.29, 1.82) is 0 Å². The summed E-state index contributed by atoms with van der Waals surface area (Å²) in [6.07, 6.45) is 2.04. The van der Waals surface area contributed by atoms with Crippen molar-refractivity contribution in [2.24, 2.45) is 0 Å². The van der Waals surface area contributed by atoms with E-state index >= 15 is 0 Å². The number of rotatable bonds is 9. The molecule has 1 aliphatic heterocycles. The monoisotopic (exact) mass is 516 g/mol. The highest BCUT2D eigenvalue weighted by Gasteiger charge is 2.28. The van der Waals surface area contributed by atoms with Gasteiger partial charge in [0.05, 0.1) is 24.8 Å². The summed E-state index contributed by atoms with van der Waals surface area (Å²) in [4.78, 5) is 38.6. The minimum Gasteiger partial charge on any atom is -0.495 e. The number of benzene rings is 3. The van der Waals surface area contributed by atoms with Crippen LogP contribution in [-0.4, -0.2) is 54.2 Å². The standard InChI is InChI=1S/C29H32N4O5/c1-19-6-3-4-8-24(19)31-29(37)32-25-14-9-20(16-26(25)38-2)17-27(34)33-15-5-7-23(33)18-30-22-12-10-21(11-13-22)28(35)36/h3-4,6,8-14,16,23,30H,5,7,15,17-18H2,1-2H3,(H,35,36)(H2,31,32,37). The highest BCUT2D eigenvalue weighted by Crippen LogP contribution is 2.27. The Bertz CT molecular complexity index is 1310. The second-order valence-electron chi connectivity index (χ2n) is 9.25. The van der Waals surface area contributed by atoms with Crippen LogP contribution in [0.25, 0.3) is 0 Å². The van der Waals surface area contributed by atoms with Crippen molar-refractivity contribution in [2.45, 2.75) is 32.2 Å². The number of nitrogens with one attached hydrogen (secondary N) is 3. The van der Waals surface area contributed by atoms with E-state index in [2.05, 4.69) is 16.0 Å². The third-order valence-corrected chi connectivity index (χ3v) is 6.63. The lowest BCUT2D eigenvalue weighted by Crippen LogP contribution is -2.40. The van der Waals surface area contributed by atoms with Gasteiger partial charge in [0.25, 0.3) is 0 Å². The molecule has 1 fully saturated rings. The van der Waals surface area contributed by atoms with Gasteiger partial charge in [-0.05, 0) is 73.4 Å². The number of likely N-dealkylation sites (tertiary alicyclic amines) is 1. The predicted molar refractivity (Wildman–Crippen MR) is 147 cm³/mol. The first kappa shape index (κ1) is 26.5. The van der Waals surface area contributed by atoms with Crippen molar-refractivity contribution in [3.8, 4) is 5.75 Å². The second kappa shape index (κ2) is 12.1. The fourth-order valence-corrected chi connectivity index (χ4v) is 4.56. The molecule has 0 saturated carbocycles. The molecule has 3 aromatic carbocycles. The molecule has 1 heterocycles. The number of aromatic carboxylic acids is 1. The molecule has 9 heteroatoms. The Morgan fingerprint density at radius 1 is 1.00 bits per heavy atom. The lowest BCUT2D eigenvalue weighted by molar-refractivity contribution is -0.131. The van der Waals surface area contributed by atoms with E-state index in [-0.39, 0.29) is 30.0 Å². The van der Waals surface area contributed by atoms with Gasteiger partial charge in [-0.2, -0.15) is 0 Å². The Labute approximate surface area is 221 Å². The Morgan fingerprint density at radius 3 is 2.45 bits per heavy atom. The average molecular weight is 517 g/mol. The lowest BCUT2D eigenvalue weighted by atomic mass is 10.1. The first-order valence-corrected chi connectivity index (χ1v) is 12.5. The van der Waals surface area contributed by atoms with Crippen LogP contribution < -0.4 is 20.7 Å². The van der Waals surface area contributed by atoms with Gasteiger partial charge in [-0.25, -0.2) is 9.59 Å². The van der Waals surface area contributed by atoms with Gasteiger partial charge in [-0.3, -0.25) is 4.79 Å². The van der Waals surface area contributed by atoms with E-state index in [1.54, 1.807) is 36.4 Å². The summed E-state index contributed by atoms with van der Waals surface area (Å²) in [7, 11) is 1.52. The number of methoxy groups -OCH3 is 1. The van der Waals surface area contributed by atoms with E-state index in [4.69, 9.17) is 9.84 Å². The van der Waals surface area contributed by atoms with E-state index in [0.717, 1.165) is 35.3 Å². The SMILES string of the molecule is COc1cc(CC(=O)N2CCCC2CNc2ccc(C(=O)O)cc2)ccc1NC(=O)Nc1ccccc1C. The minimum atomic E-state index is -0.963. The maximum Gasteiger partial charge on any atom is 0.335 e. The highest BCUT2D eigenvalue weighted by atomic mass is 16.5. The molecule has 0 radical (unpaired) electrons. The Morgan fingerprint density at radius 2 is 1.74 bits per heavy atom. The number of ether oxygens (including phenoxy) is 1. The van der Waals surface area contributed by atoms with Crippen LogP contribution in [0.15, 0.2) is 66.7 Å². The summed E-state index contributed by atoms with van der Waals surface area (Å²) < 4.78 is 5.49. The Balaban J connectivity index is 1.34. The smallest absolute Gasteiger partial charge is 0.335 e. The number of carboxylic acid groups (broad SMARTS) is 1. The summed E-state index contributed by atoms with van der Waals surface area (Å²) in [5.41, 5.74) is 4.02. The zero-order valence-corrected chi connectivity index (χ0v) is 21.5. The minimum absolute atomic E-state index is 0.0237. The molecule has 0 spiro atoms. The van der Waals surface area contributed by atoms with Crippen LogP contribution in [0, 0.1) is 6.92 Å². The molecule has 9 nitrogen and oxygen atoms in total. The molecule has 198 valence electrons. The largest absolute Gasteiger partial charge is 0.495 e. The second-order valence-corrected chi connectivity index (χ2v) is 9.25. The van der Waals surface area contributed by atoms with Gasteiger partial charge < -0.3 is 30.7 Å². The third-order valence-electron chi connectivity index (χ3n) is 6.63. The van der Waals surface area contributed by atoms with Gasteiger partial charge in [-0.1, -0.05) is 24.3 Å². The van der Waals surface area contributed by atoms with Crippen LogP contribution in [0.3, 0.4) is 0 Å². The summed E-state index contributed by atoms with van der Waals surface area (Å²) in [5.74, 6) is -0.467. The number of nitrogens with zero attached hydrogens (tertiary/aromatic N) is 1. The van der Waals surface area contributed by atoms with Crippen LogP contribution in [-0.2, 0) is 11.2 Å². The highest BCUT2D eigenvalue weighted by molar-refractivity contribution is 6.01. The van der Waals surface area contributed by atoms with Gasteiger partial charge in [0.15, 0.2) is 0 Å². The number of amides is 3. The Hall–Kier alpha value is -4.53. The number of carbonyl (C=O) groups is 3. The molecule has 4 rings (SSSR count). The van der Waals surface area contributed by atoms with Gasteiger partial charge >= 0.3 is 12.0 Å². The van der Waals surface area contributed by atoms with Crippen molar-refractivity contribution in [1.82, 2.24) is 4.90 Å². The van der Waals surface area contributed by atoms with E-state index in [9.17, 15) is 14.4 Å². The molecular formula is C29H32N4O5. The average Bonchev–Trinajstić information content (AvgIpc) is 3.39. The number of para-hydroxylation sites is 1. The maximum atomic E-state index is 13.2. The van der Waals surface area contributed by atoms with Crippen LogP contribution in [0.2, 0.25) is 0 Å². The number of hydrogen-bond donors (Lipinski definition) is 4. The molecule has 4 N–H and O–H groups in total. The molecule has 38 heavy (non-hydrogen) atoms. The normalized spacial score (nSPS) is 14.6. The van der Waals surface area contributed by atoms with Crippen molar-refractivity contribution >= 4 is 35.0 Å². The van der Waals surface area contributed by atoms with Crippen LogP contribution >= 0.6 is 0 Å². The number of aryl methyl sites for hydroxylation is 1. The van der Waals surface area contributed by atoms with Crippen molar-refractivity contribution < 1.29 is 24.2 Å². The maximum absolute atomic E-state index is 13.2. The number of anilines is 3. The number of carbonyl (C=O) groups excluding carboxylic acids is 2. The predicted octanol–water partition coefficient (Wildman–Crippen LogP) is 4.99. The fourth-order valence-electron chi connectivity index (χ4n) is 4.56. The van der Waals surface area contributed by atoms with Crippen molar-refractivity contribution in [2.75, 3.05) is 36.1 Å². The van der Waals surface area contributed by atoms with Crippen LogP contribution in [0.1, 0.15) is 34.3 Å². The Kier molecular flexibility index (Phi) is 8.47. The molecule has 0 aromatic heterocycles. The fraction of sp³-hybridized carbons (Fsp3) is 0.276. The summed E-state index contributed by atoms with van der Waals surface area (Å²) in [6, 6.07) is 19.1. The third kappa shape index (κ3) is 6.61. The van der Waals surface area contributed by atoms with Crippen molar-refractivity contribution in [3.05, 3.63) is 83.4 Å². The first-order chi connectivity index (χ1) is 18.3. The van der Waals surface area contributed by atoms with Gasteiger partial charge in [-0.15, -0.1) is 0 Å². The summed E-state index contributed by atoms with van der Waals surface area (Å²) in [5, 5.41) is 18.0. The zero-order chi connectivity index (χ0) is 27.1. The van der Waals surface area contributed by atoms with Gasteiger partial charge in [0.1, 0.15) is 5.75 Å². The summed E-state index contributed by atoms with van der Waals surface area (Å²) >= 11 is 0. The first-order valence-electron chi connectivity index (χ1n) is 12.5. The topological polar surface area (TPSA) is 120 Å². The molecule has 1 unspecified atom stereocenters. The molecular weight excluding hydrogens is 484 g/mol. The molecule has 1 aliphatic rings. The molecule has 3 aromatic rings. The van der Waals surface area contributed by atoms with E-state index in [0.29, 0.717) is 24.5 Å². The van der Waals surface area contributed by atoms with E-state index in [1.807, 2.05) is 42.2 Å². The van der Waals surface area contributed by atoms with Gasteiger partial charge in [0, 0.05) is 30.5 Å². The van der Waals surface area contributed by atoms with Crippen molar-refractivity contribution in [3.63, 3.8) is 0 Å². The van der Waals surface area contributed by atoms with Gasteiger partial charge in [0.2, 0.25) is 5.91 Å². The number of urea groups is 1. The molecule has 0 aliphatic carbocycles. The molecule has 1 atom stereocenters. The zero-order valence-electron chi connectivity index (χ0n) is 21.5. The molecule has 1 saturated heterocycles. The van der Waals surface area contributed by atoms with E-state index in [1.165, 1.54) is 7.11 Å². The molecule has 3 amide bonds. The quantitative estimate of drug-likeness (QED) is 0.318. The lowest BCUT2D eigenvalue weighted by Gasteiger charge is -2.25. The van der Waals surface area contributed by atoms with Crippen LogP contribution in [0.5, 0.6) is 5.75 Å². The number of carboxylic acids is 1. The number of hydrogen-bond acceptors (Lipinski definition) is 5. The summed E-state index contributed by atoms with van der Waals surface area (Å²) in [6.45, 7) is 3.20.